The quantitative estimate of drug-likeness (QED) is 0.127. The van der Waals surface area contributed by atoms with Crippen LogP contribution in [0.1, 0.15) is 38.7 Å². The molecule has 0 aliphatic heterocycles. The number of halogens is 2. The van der Waals surface area contributed by atoms with Crippen LogP contribution in [0.5, 0.6) is 11.5 Å². The second-order valence-corrected chi connectivity index (χ2v) is 10.6. The number of primary amides is 1. The molecule has 10 heteroatoms. The number of carbonyl (C=O) groups excluding carboxylic acids is 1. The lowest BCUT2D eigenvalue weighted by molar-refractivity contribution is -0.0467. The lowest BCUT2D eigenvalue weighted by Crippen LogP contribution is -2.24. The molecule has 0 bridgehead atoms. The third-order valence-corrected chi connectivity index (χ3v) is 7.33. The van der Waals surface area contributed by atoms with Gasteiger partial charge in [-0.15, -0.1) is 0 Å². The number of aliphatic hydroxyl groups is 1. The summed E-state index contributed by atoms with van der Waals surface area (Å²) in [6.07, 6.45) is -0.216. The molecule has 1 unspecified atom stereocenters. The Labute approximate surface area is 258 Å². The zero-order chi connectivity index (χ0) is 31.8. The van der Waals surface area contributed by atoms with Gasteiger partial charge in [-0.05, 0) is 66.1 Å². The zero-order valence-electron chi connectivity index (χ0n) is 24.3. The Kier molecular flexibility index (Phi) is 9.86. The molecule has 0 saturated heterocycles. The summed E-state index contributed by atoms with van der Waals surface area (Å²) in [6.45, 7) is 0.268. The average Bonchev–Trinajstić information content (AvgIpc) is 3.05. The topological polar surface area (TPSA) is 127 Å². The Balaban J connectivity index is 1.13. The van der Waals surface area contributed by atoms with Crippen LogP contribution in [0.3, 0.4) is 0 Å². The Morgan fingerprint density at radius 2 is 1.69 bits per heavy atom. The van der Waals surface area contributed by atoms with E-state index in [1.165, 1.54) is 24.3 Å². The summed E-state index contributed by atoms with van der Waals surface area (Å²) in [6, 6.07) is 28.2. The van der Waals surface area contributed by atoms with Crippen LogP contribution in [0.2, 0.25) is 0 Å². The minimum atomic E-state index is -3.31. The zero-order valence-corrected chi connectivity index (χ0v) is 24.3. The third kappa shape index (κ3) is 8.11. The summed E-state index contributed by atoms with van der Waals surface area (Å²) >= 11 is 0. The predicted octanol–water partition coefficient (Wildman–Crippen LogP) is 5.24. The number of rotatable bonds is 14. The van der Waals surface area contributed by atoms with Crippen molar-refractivity contribution in [1.82, 2.24) is 10.3 Å². The van der Waals surface area contributed by atoms with Crippen molar-refractivity contribution in [3.63, 3.8) is 0 Å². The van der Waals surface area contributed by atoms with E-state index in [4.69, 9.17) is 15.2 Å². The highest BCUT2D eigenvalue weighted by atomic mass is 19.3. The number of H-pyrrole nitrogens is 1. The maximum atomic E-state index is 14.7. The van der Waals surface area contributed by atoms with Crippen molar-refractivity contribution in [2.24, 2.45) is 5.73 Å². The Morgan fingerprint density at radius 3 is 2.44 bits per heavy atom. The molecule has 5 aromatic rings. The van der Waals surface area contributed by atoms with E-state index < -0.39 is 24.5 Å². The first-order valence-electron chi connectivity index (χ1n) is 14.4. The summed E-state index contributed by atoms with van der Waals surface area (Å²) in [7, 11) is 0. The summed E-state index contributed by atoms with van der Waals surface area (Å²) in [5.74, 6) is -3.29. The number of pyridine rings is 1. The van der Waals surface area contributed by atoms with Gasteiger partial charge in [0.15, 0.2) is 6.61 Å². The van der Waals surface area contributed by atoms with Crippen LogP contribution >= 0.6 is 0 Å². The molecule has 0 fully saturated rings. The van der Waals surface area contributed by atoms with Gasteiger partial charge in [-0.2, -0.15) is 8.78 Å². The number of nitrogens with one attached hydrogen (secondary N) is 2. The number of aromatic nitrogens is 1. The molecule has 8 nitrogen and oxygen atoms in total. The van der Waals surface area contributed by atoms with Crippen LogP contribution < -0.4 is 26.1 Å². The summed E-state index contributed by atoms with van der Waals surface area (Å²) in [5.41, 5.74) is 7.70. The van der Waals surface area contributed by atoms with E-state index in [-0.39, 0.29) is 29.0 Å². The first-order chi connectivity index (χ1) is 21.7. The van der Waals surface area contributed by atoms with Gasteiger partial charge in [-0.3, -0.25) is 9.59 Å². The molecule has 0 spiro atoms. The Bertz CT molecular complexity index is 1810. The molecule has 0 radical (unpaired) electrons. The van der Waals surface area contributed by atoms with Gasteiger partial charge in [0.25, 0.3) is 0 Å². The van der Waals surface area contributed by atoms with Gasteiger partial charge in [0, 0.05) is 29.1 Å². The number of ether oxygens (including phenoxy) is 2. The summed E-state index contributed by atoms with van der Waals surface area (Å²) < 4.78 is 40.6. The fourth-order valence-corrected chi connectivity index (χ4v) is 4.89. The maximum Gasteiger partial charge on any atom is 0.306 e. The van der Waals surface area contributed by atoms with Crippen molar-refractivity contribution >= 4 is 16.8 Å². The van der Waals surface area contributed by atoms with Crippen molar-refractivity contribution in [1.29, 1.82) is 0 Å². The second-order valence-electron chi connectivity index (χ2n) is 10.6. The molecule has 232 valence electrons. The van der Waals surface area contributed by atoms with E-state index in [1.54, 1.807) is 42.5 Å². The fourth-order valence-electron chi connectivity index (χ4n) is 4.89. The van der Waals surface area contributed by atoms with Crippen molar-refractivity contribution in [2.45, 2.75) is 25.1 Å². The Morgan fingerprint density at radius 1 is 0.911 bits per heavy atom. The van der Waals surface area contributed by atoms with E-state index in [9.17, 15) is 23.5 Å². The number of alkyl halides is 2. The number of hydrogen-bond donors (Lipinski definition) is 4. The number of aromatic amines is 1. The van der Waals surface area contributed by atoms with Crippen LogP contribution in [0, 0.1) is 0 Å². The highest BCUT2D eigenvalue weighted by Gasteiger charge is 2.33. The molecule has 4 aromatic carbocycles. The first kappa shape index (κ1) is 31.4. The molecule has 0 aliphatic rings. The van der Waals surface area contributed by atoms with E-state index in [0.29, 0.717) is 41.8 Å². The molecule has 5 N–H and O–H groups in total. The van der Waals surface area contributed by atoms with Gasteiger partial charge in [-0.25, -0.2) is 0 Å². The van der Waals surface area contributed by atoms with Crippen molar-refractivity contribution < 1.29 is 28.2 Å². The van der Waals surface area contributed by atoms with Gasteiger partial charge < -0.3 is 30.6 Å². The SMILES string of the molecule is NC(=O)c1cccc(C(F)(F)COc2ccc(CCNCC(O)c3ccc(OCc4ccccc4)c4[nH]c(=O)ccc34)cc2)c1. The first-order valence-corrected chi connectivity index (χ1v) is 14.4. The second kappa shape index (κ2) is 14.1. The fraction of sp³-hybridized carbons (Fsp3) is 0.200. The minimum absolute atomic E-state index is 0.00406. The monoisotopic (exact) mass is 613 g/mol. The highest BCUT2D eigenvalue weighted by Crippen LogP contribution is 2.31. The predicted molar refractivity (Wildman–Crippen MR) is 168 cm³/mol. The van der Waals surface area contributed by atoms with Crippen molar-refractivity contribution in [3.8, 4) is 11.5 Å². The number of fused-ring (bicyclic) bond motifs is 1. The lowest BCUT2D eigenvalue weighted by Gasteiger charge is -2.18. The van der Waals surface area contributed by atoms with E-state index in [2.05, 4.69) is 10.3 Å². The van der Waals surface area contributed by atoms with Crippen LogP contribution in [0.15, 0.2) is 108 Å². The molecular weight excluding hydrogens is 580 g/mol. The van der Waals surface area contributed by atoms with E-state index in [0.717, 1.165) is 17.2 Å². The van der Waals surface area contributed by atoms with Gasteiger partial charge in [0.05, 0.1) is 11.6 Å². The van der Waals surface area contributed by atoms with Crippen molar-refractivity contribution in [3.05, 3.63) is 141 Å². The molecule has 0 saturated carbocycles. The van der Waals surface area contributed by atoms with Crippen LogP contribution in [-0.2, 0) is 19.0 Å². The molecule has 1 heterocycles. The standard InChI is InChI=1S/C35H33F2N3O5/c36-35(37,26-8-4-7-25(19-26)34(38)43)22-45-27-11-9-23(10-12-27)17-18-39-20-30(41)28-13-15-31(33-29(28)14-16-32(42)40-33)44-21-24-5-2-1-3-6-24/h1-16,19,30,39,41H,17-18,20-22H2,(H2,38,43)(H,40,42). The molecule has 0 aliphatic carbocycles. The highest BCUT2D eigenvalue weighted by molar-refractivity contribution is 5.93. The molecule has 1 aromatic heterocycles. The van der Waals surface area contributed by atoms with Crippen molar-refractivity contribution in [2.75, 3.05) is 19.7 Å². The maximum absolute atomic E-state index is 14.7. The normalized spacial score (nSPS) is 12.2. The molecule has 5 rings (SSSR count). The van der Waals surface area contributed by atoms with Crippen LogP contribution in [-0.4, -0.2) is 35.7 Å². The summed E-state index contributed by atoms with van der Waals surface area (Å²) in [4.78, 5) is 26.2. The number of benzene rings is 4. The average molecular weight is 614 g/mol. The van der Waals surface area contributed by atoms with Gasteiger partial charge in [0.1, 0.15) is 18.1 Å². The van der Waals surface area contributed by atoms with Gasteiger partial charge >= 0.3 is 5.92 Å². The van der Waals surface area contributed by atoms with E-state index >= 15 is 0 Å². The molecular formula is C35H33F2N3O5. The van der Waals surface area contributed by atoms with Gasteiger partial charge in [0.2, 0.25) is 11.5 Å². The largest absolute Gasteiger partial charge is 0.487 e. The number of carbonyl (C=O) groups is 1. The molecule has 45 heavy (non-hydrogen) atoms. The number of nitrogens with two attached hydrogens (primary N) is 1. The molecule has 1 atom stereocenters. The molecule has 1 amide bonds. The lowest BCUT2D eigenvalue weighted by atomic mass is 10.0. The van der Waals surface area contributed by atoms with E-state index in [1.807, 2.05) is 30.3 Å². The number of hydrogen-bond acceptors (Lipinski definition) is 6. The number of amides is 1. The van der Waals surface area contributed by atoms with Crippen LogP contribution in [0.25, 0.3) is 10.9 Å². The third-order valence-electron chi connectivity index (χ3n) is 7.33. The Hall–Kier alpha value is -5.06. The summed E-state index contributed by atoms with van der Waals surface area (Å²) in [5, 5.41) is 14.9. The minimum Gasteiger partial charge on any atom is -0.487 e. The smallest absolute Gasteiger partial charge is 0.306 e. The van der Waals surface area contributed by atoms with Gasteiger partial charge in [-0.1, -0.05) is 60.7 Å². The number of aliphatic hydroxyl groups excluding tert-OH is 1. The van der Waals surface area contributed by atoms with Crippen LogP contribution in [0.4, 0.5) is 8.78 Å².